The molecule has 0 amide bonds. The van der Waals surface area contributed by atoms with E-state index in [-0.39, 0.29) is 17.9 Å². The highest BCUT2D eigenvalue weighted by Gasteiger charge is 2.41. The predicted octanol–water partition coefficient (Wildman–Crippen LogP) is 4.78. The maximum Gasteiger partial charge on any atom is 0.411 e. The van der Waals surface area contributed by atoms with Gasteiger partial charge in [-0.15, -0.1) is 0 Å². The van der Waals surface area contributed by atoms with E-state index in [4.69, 9.17) is 4.74 Å². The van der Waals surface area contributed by atoms with Crippen LogP contribution in [0.3, 0.4) is 0 Å². The first-order valence-corrected chi connectivity index (χ1v) is 9.26. The molecule has 1 heterocycles. The quantitative estimate of drug-likeness (QED) is 0.739. The third kappa shape index (κ3) is 6.52. The number of hydrogen-bond donors (Lipinski definition) is 1. The summed E-state index contributed by atoms with van der Waals surface area (Å²) in [6.45, 7) is 7.11. The molecule has 0 spiro atoms. The van der Waals surface area contributed by atoms with Gasteiger partial charge < -0.3 is 14.6 Å². The topological polar surface area (TPSA) is 38.7 Å². The lowest BCUT2D eigenvalue weighted by Gasteiger charge is -2.41. The van der Waals surface area contributed by atoms with Crippen LogP contribution in [0.15, 0.2) is 0 Å². The van der Waals surface area contributed by atoms with E-state index < -0.39 is 19.1 Å². The minimum absolute atomic E-state index is 0.160. The molecule has 1 saturated carbocycles. The first kappa shape index (κ1) is 21.7. The summed E-state index contributed by atoms with van der Waals surface area (Å²) in [5.74, 6) is 0.721. The summed E-state index contributed by atoms with van der Waals surface area (Å²) in [5.41, 5.74) is 0. The van der Waals surface area contributed by atoms with Crippen LogP contribution in [0.5, 0.6) is 0 Å². The Kier molecular flexibility index (Phi) is 9.02. The Hall–Kier alpha value is -0.330. The summed E-state index contributed by atoms with van der Waals surface area (Å²) < 4.78 is 47.2. The fourth-order valence-corrected chi connectivity index (χ4v) is 4.01. The average Bonchev–Trinajstić information content (AvgIpc) is 2.75. The van der Waals surface area contributed by atoms with E-state index in [0.717, 1.165) is 32.1 Å². The van der Waals surface area contributed by atoms with E-state index in [9.17, 15) is 18.3 Å². The number of hydrogen-bond acceptors (Lipinski definition) is 3. The number of halogens is 3. The van der Waals surface area contributed by atoms with Crippen LogP contribution in [0.1, 0.15) is 59.8 Å². The van der Waals surface area contributed by atoms with Crippen molar-refractivity contribution in [2.24, 2.45) is 23.7 Å². The zero-order valence-electron chi connectivity index (χ0n) is 15.3. The van der Waals surface area contributed by atoms with Crippen molar-refractivity contribution in [3.8, 4) is 0 Å². The molecule has 24 heavy (non-hydrogen) atoms. The highest BCUT2D eigenvalue weighted by molar-refractivity contribution is 4.87. The molecule has 0 aromatic heterocycles. The summed E-state index contributed by atoms with van der Waals surface area (Å²) in [5, 5.41) is 9.98. The van der Waals surface area contributed by atoms with E-state index >= 15 is 0 Å². The molecule has 6 heteroatoms. The highest BCUT2D eigenvalue weighted by Crippen LogP contribution is 2.44. The van der Waals surface area contributed by atoms with Gasteiger partial charge in [0.25, 0.3) is 0 Å². The molecule has 1 N–H and O–H groups in total. The molecule has 0 aromatic carbocycles. The lowest BCUT2D eigenvalue weighted by atomic mass is 9.66. The summed E-state index contributed by atoms with van der Waals surface area (Å²) in [7, 11) is 0. The van der Waals surface area contributed by atoms with Crippen molar-refractivity contribution in [3.63, 3.8) is 0 Å². The first-order valence-electron chi connectivity index (χ1n) is 9.26. The number of fused-ring (bicyclic) bond motifs is 1. The summed E-state index contributed by atoms with van der Waals surface area (Å²) in [6, 6.07) is 0. The van der Waals surface area contributed by atoms with Crippen LogP contribution in [0, 0.1) is 23.7 Å². The molecule has 2 fully saturated rings. The molecule has 2 aliphatic rings. The van der Waals surface area contributed by atoms with Crippen molar-refractivity contribution in [1.29, 1.82) is 0 Å². The van der Waals surface area contributed by atoms with E-state index in [0.29, 0.717) is 18.4 Å². The molecule has 144 valence electrons. The molecule has 0 aromatic rings. The fourth-order valence-electron chi connectivity index (χ4n) is 4.01. The van der Waals surface area contributed by atoms with Crippen LogP contribution in [0.2, 0.25) is 0 Å². The Labute approximate surface area is 143 Å². The summed E-state index contributed by atoms with van der Waals surface area (Å²) in [4.78, 5) is 0. The SMILES string of the molecule is CC.CC1CCC2CCCC([C@@H](C)C(O)OCC(F)(F)F)C2CO1. The van der Waals surface area contributed by atoms with Crippen molar-refractivity contribution >= 4 is 0 Å². The minimum atomic E-state index is -4.41. The van der Waals surface area contributed by atoms with Crippen molar-refractivity contribution in [1.82, 2.24) is 0 Å². The molecular formula is C18H33F3O3. The zero-order valence-corrected chi connectivity index (χ0v) is 15.3. The van der Waals surface area contributed by atoms with E-state index in [2.05, 4.69) is 11.7 Å². The van der Waals surface area contributed by atoms with Gasteiger partial charge in [0.05, 0.1) is 12.7 Å². The molecule has 3 nitrogen and oxygen atoms in total. The number of rotatable bonds is 4. The van der Waals surface area contributed by atoms with Gasteiger partial charge in [-0.25, -0.2) is 0 Å². The van der Waals surface area contributed by atoms with Crippen LogP contribution in [-0.2, 0) is 9.47 Å². The maximum atomic E-state index is 12.2. The standard InChI is InChI=1S/C16H27F3O3.C2H6/c1-10-6-7-12-4-3-5-13(14(12)8-21-10)11(2)15(20)22-9-16(17,18)19;1-2/h10-15,20H,3-9H2,1-2H3;1-2H3/t10?,11-,12?,13?,14?,15?;/m1./s1. The number of ether oxygens (including phenoxy) is 2. The molecule has 1 aliphatic heterocycles. The smallest absolute Gasteiger partial charge is 0.378 e. The van der Waals surface area contributed by atoms with Gasteiger partial charge >= 0.3 is 6.18 Å². The molecule has 6 atom stereocenters. The van der Waals surface area contributed by atoms with Gasteiger partial charge in [0.2, 0.25) is 0 Å². The van der Waals surface area contributed by atoms with Gasteiger partial charge in [0, 0.05) is 5.92 Å². The second-order valence-corrected chi connectivity index (χ2v) is 6.92. The van der Waals surface area contributed by atoms with Gasteiger partial charge in [0.1, 0.15) is 6.61 Å². The largest absolute Gasteiger partial charge is 0.411 e. The number of alkyl halides is 3. The van der Waals surface area contributed by atoms with Gasteiger partial charge in [-0.2, -0.15) is 13.2 Å². The first-order chi connectivity index (χ1) is 11.3. The van der Waals surface area contributed by atoms with Crippen LogP contribution >= 0.6 is 0 Å². The Balaban J connectivity index is 0.00000139. The van der Waals surface area contributed by atoms with Crippen molar-refractivity contribution < 1.29 is 27.8 Å². The molecule has 5 unspecified atom stereocenters. The Morgan fingerprint density at radius 3 is 2.46 bits per heavy atom. The third-order valence-corrected chi connectivity index (χ3v) is 5.33. The average molecular weight is 354 g/mol. The van der Waals surface area contributed by atoms with Gasteiger partial charge in [0.15, 0.2) is 6.29 Å². The number of aliphatic hydroxyl groups is 1. The van der Waals surface area contributed by atoms with E-state index in [1.54, 1.807) is 6.92 Å². The fraction of sp³-hybridized carbons (Fsp3) is 1.00. The summed E-state index contributed by atoms with van der Waals surface area (Å²) >= 11 is 0. The molecule has 2 rings (SSSR count). The van der Waals surface area contributed by atoms with Gasteiger partial charge in [-0.05, 0) is 43.9 Å². The maximum absolute atomic E-state index is 12.2. The molecule has 0 radical (unpaired) electrons. The lowest BCUT2D eigenvalue weighted by Crippen LogP contribution is -2.40. The van der Waals surface area contributed by atoms with Crippen molar-refractivity contribution in [2.75, 3.05) is 13.2 Å². The lowest BCUT2D eigenvalue weighted by molar-refractivity contribution is -0.234. The second kappa shape index (κ2) is 9.97. The van der Waals surface area contributed by atoms with Crippen molar-refractivity contribution in [3.05, 3.63) is 0 Å². The van der Waals surface area contributed by atoms with Crippen molar-refractivity contribution in [2.45, 2.75) is 78.4 Å². The van der Waals surface area contributed by atoms with E-state index in [1.807, 2.05) is 13.8 Å². The Bertz CT molecular complexity index is 349. The van der Waals surface area contributed by atoms with Crippen LogP contribution in [0.4, 0.5) is 13.2 Å². The van der Waals surface area contributed by atoms with Crippen LogP contribution < -0.4 is 0 Å². The molecule has 0 bridgehead atoms. The Morgan fingerprint density at radius 1 is 1.17 bits per heavy atom. The summed E-state index contributed by atoms with van der Waals surface area (Å²) in [6.07, 6.45) is -0.244. The van der Waals surface area contributed by atoms with Crippen LogP contribution in [-0.4, -0.2) is 36.9 Å². The molecule has 1 saturated heterocycles. The highest BCUT2D eigenvalue weighted by atomic mass is 19.4. The molecule has 1 aliphatic carbocycles. The number of aliphatic hydroxyl groups excluding tert-OH is 1. The van der Waals surface area contributed by atoms with Crippen LogP contribution in [0.25, 0.3) is 0 Å². The van der Waals surface area contributed by atoms with Gasteiger partial charge in [-0.3, -0.25) is 0 Å². The monoisotopic (exact) mass is 354 g/mol. The zero-order chi connectivity index (χ0) is 18.3. The normalized spacial score (nSPS) is 33.5. The van der Waals surface area contributed by atoms with Gasteiger partial charge in [-0.1, -0.05) is 33.6 Å². The molecular weight excluding hydrogens is 321 g/mol. The Morgan fingerprint density at radius 2 is 1.83 bits per heavy atom. The minimum Gasteiger partial charge on any atom is -0.378 e. The van der Waals surface area contributed by atoms with E-state index in [1.165, 1.54) is 0 Å². The third-order valence-electron chi connectivity index (χ3n) is 5.33. The predicted molar refractivity (Wildman–Crippen MR) is 87.5 cm³/mol. The second-order valence-electron chi connectivity index (χ2n) is 6.92.